The molecule has 0 aliphatic rings. The number of methoxy groups -OCH3 is 1. The highest BCUT2D eigenvalue weighted by Gasteiger charge is 2.38. The monoisotopic (exact) mass is 246 g/mol. The first-order chi connectivity index (χ1) is 6.99. The summed E-state index contributed by atoms with van der Waals surface area (Å²) in [5.41, 5.74) is -0.0616. The number of carbonyl (C=O) groups excluding carboxylic acids is 1. The maximum Gasteiger partial charge on any atom is 0.310 e. The predicted molar refractivity (Wildman–Crippen MR) is 68.9 cm³/mol. The molecule has 0 aliphatic heterocycles. The molecule has 0 saturated carbocycles. The fourth-order valence-electron chi connectivity index (χ4n) is 1.72. The fourth-order valence-corrected chi connectivity index (χ4v) is 3.04. The lowest BCUT2D eigenvalue weighted by atomic mass is 9.82. The normalized spacial score (nSPS) is 16.8. The second kappa shape index (κ2) is 5.32. The Kier molecular flexibility index (Phi) is 5.20. The number of carbonyl (C=O) groups is 1. The number of hydrogen-bond acceptors (Lipinski definition) is 3. The van der Waals surface area contributed by atoms with Crippen LogP contribution in [0.3, 0.4) is 0 Å². The van der Waals surface area contributed by atoms with Gasteiger partial charge in [0.1, 0.15) is 0 Å². The Morgan fingerprint density at radius 1 is 1.19 bits per heavy atom. The van der Waals surface area contributed by atoms with Gasteiger partial charge in [0.15, 0.2) is 8.32 Å². The highest BCUT2D eigenvalue weighted by Crippen LogP contribution is 2.31. The minimum absolute atomic E-state index is 0.0616. The van der Waals surface area contributed by atoms with Crippen molar-refractivity contribution in [2.45, 2.75) is 53.4 Å². The summed E-state index contributed by atoms with van der Waals surface area (Å²) in [6.07, 6.45) is -0.0911. The SMILES string of the molecule is COC(=O)[C@@H](C)[C@H](O[Si](C)(C)C)C(C)(C)C. The Hall–Kier alpha value is -0.353. The van der Waals surface area contributed by atoms with Gasteiger partial charge in [-0.05, 0) is 32.0 Å². The summed E-state index contributed by atoms with van der Waals surface area (Å²) in [6.45, 7) is 14.6. The van der Waals surface area contributed by atoms with Crippen LogP contribution in [0.5, 0.6) is 0 Å². The van der Waals surface area contributed by atoms with Crippen LogP contribution in [0.25, 0.3) is 0 Å². The summed E-state index contributed by atoms with van der Waals surface area (Å²) >= 11 is 0. The lowest BCUT2D eigenvalue weighted by molar-refractivity contribution is -0.150. The van der Waals surface area contributed by atoms with E-state index in [1.54, 1.807) is 0 Å². The summed E-state index contributed by atoms with van der Waals surface area (Å²) in [5.74, 6) is -0.421. The van der Waals surface area contributed by atoms with Crippen molar-refractivity contribution in [2.75, 3.05) is 7.11 Å². The van der Waals surface area contributed by atoms with Crippen molar-refractivity contribution >= 4 is 14.3 Å². The van der Waals surface area contributed by atoms with Gasteiger partial charge in [-0.3, -0.25) is 4.79 Å². The van der Waals surface area contributed by atoms with Gasteiger partial charge < -0.3 is 9.16 Å². The molecule has 0 aliphatic carbocycles. The molecule has 4 heteroatoms. The van der Waals surface area contributed by atoms with E-state index in [0.29, 0.717) is 0 Å². The van der Waals surface area contributed by atoms with E-state index in [1.165, 1.54) is 7.11 Å². The van der Waals surface area contributed by atoms with Crippen LogP contribution < -0.4 is 0 Å². The number of rotatable bonds is 4. The number of esters is 1. The van der Waals surface area contributed by atoms with Crippen molar-refractivity contribution < 1.29 is 14.0 Å². The van der Waals surface area contributed by atoms with E-state index >= 15 is 0 Å². The van der Waals surface area contributed by atoms with E-state index in [-0.39, 0.29) is 23.4 Å². The second-order valence-electron chi connectivity index (χ2n) is 6.33. The molecule has 0 heterocycles. The van der Waals surface area contributed by atoms with Crippen LogP contribution in [-0.2, 0) is 14.0 Å². The van der Waals surface area contributed by atoms with Crippen LogP contribution in [0.15, 0.2) is 0 Å². The van der Waals surface area contributed by atoms with Crippen LogP contribution in [0.4, 0.5) is 0 Å². The van der Waals surface area contributed by atoms with E-state index in [9.17, 15) is 4.79 Å². The topological polar surface area (TPSA) is 35.5 Å². The van der Waals surface area contributed by atoms with Gasteiger partial charge in [-0.25, -0.2) is 0 Å². The van der Waals surface area contributed by atoms with Gasteiger partial charge in [0.25, 0.3) is 0 Å². The first-order valence-electron chi connectivity index (χ1n) is 5.74. The fraction of sp³-hybridized carbons (Fsp3) is 0.917. The molecule has 0 saturated heterocycles. The molecule has 0 rings (SSSR count). The lowest BCUT2D eigenvalue weighted by Crippen LogP contribution is -2.45. The maximum absolute atomic E-state index is 11.6. The Bertz CT molecular complexity index is 238. The average Bonchev–Trinajstić information content (AvgIpc) is 2.08. The van der Waals surface area contributed by atoms with Gasteiger partial charge >= 0.3 is 5.97 Å². The molecule has 0 spiro atoms. The summed E-state index contributed by atoms with van der Waals surface area (Å²) < 4.78 is 10.9. The molecule has 0 amide bonds. The van der Waals surface area contributed by atoms with Crippen LogP contribution in [0.1, 0.15) is 27.7 Å². The van der Waals surface area contributed by atoms with Crippen molar-refractivity contribution in [1.82, 2.24) is 0 Å². The van der Waals surface area contributed by atoms with Crippen LogP contribution >= 0.6 is 0 Å². The molecule has 0 aromatic carbocycles. The van der Waals surface area contributed by atoms with Gasteiger partial charge in [-0.15, -0.1) is 0 Å². The minimum Gasteiger partial charge on any atom is -0.469 e. The molecule has 0 aromatic rings. The van der Waals surface area contributed by atoms with E-state index < -0.39 is 8.32 Å². The second-order valence-corrected chi connectivity index (χ2v) is 10.8. The quantitative estimate of drug-likeness (QED) is 0.565. The average molecular weight is 246 g/mol. The molecule has 3 nitrogen and oxygen atoms in total. The summed E-state index contributed by atoms with van der Waals surface area (Å²) in [5, 5.41) is 0. The van der Waals surface area contributed by atoms with E-state index in [0.717, 1.165) is 0 Å². The highest BCUT2D eigenvalue weighted by molar-refractivity contribution is 6.69. The van der Waals surface area contributed by atoms with E-state index in [2.05, 4.69) is 40.4 Å². The number of hydrogen-bond donors (Lipinski definition) is 0. The zero-order chi connectivity index (χ0) is 13.1. The molecular weight excluding hydrogens is 220 g/mol. The van der Waals surface area contributed by atoms with Crippen molar-refractivity contribution in [3.8, 4) is 0 Å². The first kappa shape index (κ1) is 15.6. The summed E-state index contributed by atoms with van der Waals surface area (Å²) in [4.78, 5) is 11.6. The minimum atomic E-state index is -1.66. The first-order valence-corrected chi connectivity index (χ1v) is 9.15. The Labute approximate surface area is 101 Å². The zero-order valence-corrected chi connectivity index (χ0v) is 12.9. The summed E-state index contributed by atoms with van der Waals surface area (Å²) in [7, 11) is -0.236. The van der Waals surface area contributed by atoms with E-state index in [4.69, 9.17) is 9.16 Å². The van der Waals surface area contributed by atoms with Crippen LogP contribution in [0.2, 0.25) is 19.6 Å². The Balaban J connectivity index is 4.89. The van der Waals surface area contributed by atoms with Gasteiger partial charge in [0.05, 0.1) is 19.1 Å². The van der Waals surface area contributed by atoms with Gasteiger partial charge in [0, 0.05) is 0 Å². The lowest BCUT2D eigenvalue weighted by Gasteiger charge is -2.38. The molecule has 0 fully saturated rings. The van der Waals surface area contributed by atoms with Crippen molar-refractivity contribution in [3.63, 3.8) is 0 Å². The van der Waals surface area contributed by atoms with E-state index in [1.807, 2.05) is 6.92 Å². The van der Waals surface area contributed by atoms with Crippen molar-refractivity contribution in [1.29, 1.82) is 0 Å². The van der Waals surface area contributed by atoms with Crippen LogP contribution in [-0.4, -0.2) is 27.5 Å². The largest absolute Gasteiger partial charge is 0.469 e. The smallest absolute Gasteiger partial charge is 0.310 e. The van der Waals surface area contributed by atoms with Crippen LogP contribution in [0, 0.1) is 11.3 Å². The molecule has 0 N–H and O–H groups in total. The molecule has 0 bridgehead atoms. The molecule has 2 atom stereocenters. The molecule has 96 valence electrons. The third-order valence-corrected chi connectivity index (χ3v) is 3.32. The molecule has 0 unspecified atom stereocenters. The predicted octanol–water partition coefficient (Wildman–Crippen LogP) is 3.06. The maximum atomic E-state index is 11.6. The molecule has 0 radical (unpaired) electrons. The van der Waals surface area contributed by atoms with Gasteiger partial charge in [-0.1, -0.05) is 20.8 Å². The van der Waals surface area contributed by atoms with Gasteiger partial charge in [0.2, 0.25) is 0 Å². The molecule has 16 heavy (non-hydrogen) atoms. The zero-order valence-electron chi connectivity index (χ0n) is 11.9. The number of ether oxygens (including phenoxy) is 1. The molecular formula is C12H26O3Si. The third-order valence-electron chi connectivity index (χ3n) is 2.36. The standard InChI is InChI=1S/C12H26O3Si/c1-9(11(13)14-5)10(12(2,3)4)15-16(6,7)8/h9-10H,1-8H3/t9-,10-/m0/s1. The van der Waals surface area contributed by atoms with Crippen molar-refractivity contribution in [2.24, 2.45) is 11.3 Å². The van der Waals surface area contributed by atoms with Crippen molar-refractivity contribution in [3.05, 3.63) is 0 Å². The third kappa shape index (κ3) is 5.12. The Morgan fingerprint density at radius 2 is 1.62 bits per heavy atom. The Morgan fingerprint density at radius 3 is 1.88 bits per heavy atom. The highest BCUT2D eigenvalue weighted by atomic mass is 28.4. The van der Waals surface area contributed by atoms with Gasteiger partial charge in [-0.2, -0.15) is 0 Å². The molecule has 0 aromatic heterocycles. The summed E-state index contributed by atoms with van der Waals surface area (Å²) in [6, 6.07) is 0.